The largest absolute Gasteiger partial charge is 0.480 e. The van der Waals surface area contributed by atoms with E-state index < -0.39 is 35.9 Å². The molecule has 0 fully saturated rings. The zero-order chi connectivity index (χ0) is 18.0. The summed E-state index contributed by atoms with van der Waals surface area (Å²) < 4.78 is 0. The molecule has 0 aliphatic carbocycles. The zero-order valence-corrected chi connectivity index (χ0v) is 15.5. The molecule has 0 aromatic carbocycles. The van der Waals surface area contributed by atoms with E-state index in [1.165, 1.54) is 11.8 Å². The van der Waals surface area contributed by atoms with Gasteiger partial charge in [0.15, 0.2) is 0 Å². The molecule has 23 heavy (non-hydrogen) atoms. The van der Waals surface area contributed by atoms with Gasteiger partial charge in [0.2, 0.25) is 11.8 Å². The van der Waals surface area contributed by atoms with Crippen LogP contribution < -0.4 is 16.4 Å². The number of aliphatic carboxylic acids is 1. The fourth-order valence-corrected chi connectivity index (χ4v) is 2.47. The van der Waals surface area contributed by atoms with Gasteiger partial charge in [-0.1, -0.05) is 20.3 Å². The molecule has 0 heterocycles. The molecule has 134 valence electrons. The Labute approximate surface area is 146 Å². The van der Waals surface area contributed by atoms with Crippen LogP contribution in [0.15, 0.2) is 0 Å². The van der Waals surface area contributed by atoms with Gasteiger partial charge in [-0.05, 0) is 24.3 Å². The van der Waals surface area contributed by atoms with E-state index in [-0.39, 0.29) is 11.7 Å². The maximum absolute atomic E-state index is 12.2. The molecule has 4 atom stereocenters. The van der Waals surface area contributed by atoms with Gasteiger partial charge in [0.05, 0.1) is 6.04 Å². The number of nitrogens with two attached hydrogens (primary N) is 1. The van der Waals surface area contributed by atoms with Gasteiger partial charge in [-0.15, -0.1) is 0 Å². The van der Waals surface area contributed by atoms with Gasteiger partial charge in [-0.3, -0.25) is 9.59 Å². The summed E-state index contributed by atoms with van der Waals surface area (Å²) in [5, 5.41) is 14.1. The van der Waals surface area contributed by atoms with E-state index in [1.807, 2.05) is 20.1 Å². The van der Waals surface area contributed by atoms with Crippen molar-refractivity contribution in [1.82, 2.24) is 10.6 Å². The second-order valence-corrected chi connectivity index (χ2v) is 6.69. The van der Waals surface area contributed by atoms with E-state index in [1.54, 1.807) is 0 Å². The van der Waals surface area contributed by atoms with Crippen molar-refractivity contribution >= 4 is 42.2 Å². The van der Waals surface area contributed by atoms with Crippen LogP contribution >= 0.6 is 24.4 Å². The number of hydrogen-bond donors (Lipinski definition) is 5. The minimum absolute atomic E-state index is 0.0213. The molecule has 0 spiro atoms. The van der Waals surface area contributed by atoms with E-state index in [2.05, 4.69) is 23.3 Å². The first-order valence-corrected chi connectivity index (χ1v) is 9.49. The van der Waals surface area contributed by atoms with Crippen LogP contribution in [0.5, 0.6) is 0 Å². The third-order valence-corrected chi connectivity index (χ3v) is 4.61. The predicted octanol–water partition coefficient (Wildman–Crippen LogP) is 0.0969. The Kier molecular flexibility index (Phi) is 11.1. The Morgan fingerprint density at radius 1 is 1.22 bits per heavy atom. The van der Waals surface area contributed by atoms with Crippen molar-refractivity contribution in [3.05, 3.63) is 0 Å². The lowest BCUT2D eigenvalue weighted by Crippen LogP contribution is -2.56. The van der Waals surface area contributed by atoms with Crippen LogP contribution in [-0.4, -0.2) is 58.8 Å². The minimum Gasteiger partial charge on any atom is -0.480 e. The van der Waals surface area contributed by atoms with Crippen LogP contribution in [0, 0.1) is 5.92 Å². The number of rotatable bonds is 11. The van der Waals surface area contributed by atoms with Gasteiger partial charge in [-0.25, -0.2) is 4.79 Å². The zero-order valence-electron chi connectivity index (χ0n) is 13.7. The first-order valence-electron chi connectivity index (χ1n) is 7.47. The average Bonchev–Trinajstić information content (AvgIpc) is 2.53. The van der Waals surface area contributed by atoms with E-state index in [0.29, 0.717) is 12.2 Å². The summed E-state index contributed by atoms with van der Waals surface area (Å²) in [4.78, 5) is 35.4. The Morgan fingerprint density at radius 3 is 2.22 bits per heavy atom. The normalized spacial score (nSPS) is 16.0. The summed E-state index contributed by atoms with van der Waals surface area (Å²) in [5.41, 5.74) is 5.82. The predicted molar refractivity (Wildman–Crippen MR) is 95.8 cm³/mol. The molecule has 0 rings (SSSR count). The monoisotopic (exact) mass is 365 g/mol. The number of carboxylic acids is 1. The van der Waals surface area contributed by atoms with Crippen LogP contribution in [0.1, 0.15) is 26.7 Å². The molecule has 2 amide bonds. The van der Waals surface area contributed by atoms with E-state index >= 15 is 0 Å². The van der Waals surface area contributed by atoms with Crippen LogP contribution in [0.3, 0.4) is 0 Å². The van der Waals surface area contributed by atoms with Crippen molar-refractivity contribution in [3.63, 3.8) is 0 Å². The van der Waals surface area contributed by atoms with Crippen molar-refractivity contribution in [1.29, 1.82) is 0 Å². The van der Waals surface area contributed by atoms with Crippen molar-refractivity contribution < 1.29 is 19.5 Å². The highest BCUT2D eigenvalue weighted by atomic mass is 32.2. The fourth-order valence-electron chi connectivity index (χ4n) is 1.74. The molecule has 0 radical (unpaired) electrons. The Bertz CT molecular complexity index is 409. The molecule has 0 aliphatic heterocycles. The summed E-state index contributed by atoms with van der Waals surface area (Å²) in [6.07, 6.45) is 2.90. The number of carboxylic acid groups (broad SMARTS) is 1. The highest BCUT2D eigenvalue weighted by Crippen LogP contribution is 2.06. The number of thioether (sulfide) groups is 1. The maximum Gasteiger partial charge on any atom is 0.326 e. The van der Waals surface area contributed by atoms with Gasteiger partial charge in [0.1, 0.15) is 12.1 Å². The second kappa shape index (κ2) is 11.6. The molecule has 5 N–H and O–H groups in total. The SMILES string of the molecule is CCC(C)C(N)C(=O)NC(CS)C(=O)NC(CCSC)C(=O)O. The molecule has 4 unspecified atom stereocenters. The number of hydrogen-bond acceptors (Lipinski definition) is 6. The topological polar surface area (TPSA) is 122 Å². The Morgan fingerprint density at radius 2 is 1.78 bits per heavy atom. The Hall–Kier alpha value is -0.930. The first-order chi connectivity index (χ1) is 10.8. The van der Waals surface area contributed by atoms with Crippen LogP contribution in [0.2, 0.25) is 0 Å². The van der Waals surface area contributed by atoms with Gasteiger partial charge in [0, 0.05) is 5.75 Å². The van der Waals surface area contributed by atoms with Crippen LogP contribution in [-0.2, 0) is 14.4 Å². The summed E-state index contributed by atoms with van der Waals surface area (Å²) in [5.74, 6) is -1.48. The lowest BCUT2D eigenvalue weighted by Gasteiger charge is -2.23. The highest BCUT2D eigenvalue weighted by molar-refractivity contribution is 7.98. The highest BCUT2D eigenvalue weighted by Gasteiger charge is 2.28. The quantitative estimate of drug-likeness (QED) is 0.331. The molecule has 0 saturated carbocycles. The summed E-state index contributed by atoms with van der Waals surface area (Å²) >= 11 is 5.54. The lowest BCUT2D eigenvalue weighted by atomic mass is 9.99. The number of carbonyl (C=O) groups is 3. The van der Waals surface area contributed by atoms with E-state index in [0.717, 1.165) is 6.42 Å². The summed E-state index contributed by atoms with van der Waals surface area (Å²) in [6, 6.07) is -2.63. The molecule has 0 aromatic rings. The Balaban J connectivity index is 4.72. The number of thiol groups is 1. The molecular weight excluding hydrogens is 338 g/mol. The molecule has 0 aromatic heterocycles. The molecule has 9 heteroatoms. The van der Waals surface area contributed by atoms with Crippen LogP contribution in [0.25, 0.3) is 0 Å². The van der Waals surface area contributed by atoms with Crippen LogP contribution in [0.4, 0.5) is 0 Å². The summed E-state index contributed by atoms with van der Waals surface area (Å²) in [6.45, 7) is 3.77. The van der Waals surface area contributed by atoms with Gasteiger partial charge >= 0.3 is 5.97 Å². The lowest BCUT2D eigenvalue weighted by molar-refractivity contribution is -0.142. The molecule has 0 saturated heterocycles. The molecule has 7 nitrogen and oxygen atoms in total. The molecular formula is C14H27N3O4S2. The number of nitrogens with one attached hydrogen (secondary N) is 2. The maximum atomic E-state index is 12.2. The third-order valence-electron chi connectivity index (χ3n) is 3.60. The minimum atomic E-state index is -1.10. The van der Waals surface area contributed by atoms with E-state index in [4.69, 9.17) is 10.8 Å². The van der Waals surface area contributed by atoms with Crippen molar-refractivity contribution in [3.8, 4) is 0 Å². The van der Waals surface area contributed by atoms with Gasteiger partial charge < -0.3 is 21.5 Å². The van der Waals surface area contributed by atoms with E-state index in [9.17, 15) is 14.4 Å². The molecule has 0 bridgehead atoms. The number of carbonyl (C=O) groups excluding carboxylic acids is 2. The van der Waals surface area contributed by atoms with Gasteiger partial charge in [0.25, 0.3) is 0 Å². The van der Waals surface area contributed by atoms with Gasteiger partial charge in [-0.2, -0.15) is 24.4 Å². The second-order valence-electron chi connectivity index (χ2n) is 5.34. The first kappa shape index (κ1) is 22.1. The number of amides is 2. The molecule has 0 aliphatic rings. The van der Waals surface area contributed by atoms with Crippen molar-refractivity contribution in [2.75, 3.05) is 17.8 Å². The fraction of sp³-hybridized carbons (Fsp3) is 0.786. The smallest absolute Gasteiger partial charge is 0.326 e. The average molecular weight is 366 g/mol. The third kappa shape index (κ3) is 7.94. The standard InChI is InChI=1S/C14H27N3O4S2/c1-4-8(2)11(15)13(19)17-10(7-22)12(18)16-9(14(20)21)5-6-23-3/h8-11,22H,4-7,15H2,1-3H3,(H,16,18)(H,17,19)(H,20,21). The van der Waals surface area contributed by atoms with Crippen molar-refractivity contribution in [2.24, 2.45) is 11.7 Å². The summed E-state index contributed by atoms with van der Waals surface area (Å²) in [7, 11) is 0. The van der Waals surface area contributed by atoms with Crippen molar-refractivity contribution in [2.45, 2.75) is 44.8 Å².